The predicted molar refractivity (Wildman–Crippen MR) is 112 cm³/mol. The van der Waals surface area contributed by atoms with Crippen LogP contribution in [0.25, 0.3) is 10.8 Å². The zero-order chi connectivity index (χ0) is 18.1. The van der Waals surface area contributed by atoms with Crippen LogP contribution < -0.4 is 5.32 Å². The van der Waals surface area contributed by atoms with Gasteiger partial charge >= 0.3 is 0 Å². The molecular formula is C24H25N2+. The second kappa shape index (κ2) is 6.45. The summed E-state index contributed by atoms with van der Waals surface area (Å²) in [6.07, 6.45) is 4.29. The van der Waals surface area contributed by atoms with Crippen molar-refractivity contribution >= 4 is 27.9 Å². The molecule has 2 nitrogen and oxygen atoms in total. The van der Waals surface area contributed by atoms with Crippen molar-refractivity contribution in [2.45, 2.75) is 26.2 Å². The molecule has 26 heavy (non-hydrogen) atoms. The summed E-state index contributed by atoms with van der Waals surface area (Å²) in [7, 11) is 0. The summed E-state index contributed by atoms with van der Waals surface area (Å²) in [5, 5.41) is 6.05. The molecule has 0 fully saturated rings. The molecule has 1 N–H and O–H groups in total. The molecule has 130 valence electrons. The van der Waals surface area contributed by atoms with Crippen LogP contribution in [0.4, 0.5) is 11.4 Å². The highest BCUT2D eigenvalue weighted by molar-refractivity contribution is 6.07. The van der Waals surface area contributed by atoms with Gasteiger partial charge in [0, 0.05) is 29.6 Å². The summed E-state index contributed by atoms with van der Waals surface area (Å²) in [5.41, 5.74) is 5.15. The number of benzene rings is 3. The summed E-state index contributed by atoms with van der Waals surface area (Å²) in [5.74, 6) is 0. The van der Waals surface area contributed by atoms with Crippen LogP contribution in [0.15, 0.2) is 79.0 Å². The van der Waals surface area contributed by atoms with Crippen molar-refractivity contribution < 1.29 is 4.58 Å². The largest absolute Gasteiger partial charge is 0.361 e. The van der Waals surface area contributed by atoms with E-state index in [0.717, 1.165) is 12.2 Å². The molecule has 1 heterocycles. The molecule has 3 aromatic rings. The first-order valence-corrected chi connectivity index (χ1v) is 9.28. The second-order valence-electron chi connectivity index (χ2n) is 7.28. The van der Waals surface area contributed by atoms with E-state index in [0.29, 0.717) is 0 Å². The molecule has 0 radical (unpaired) electrons. The Morgan fingerprint density at radius 3 is 2.42 bits per heavy atom. The zero-order valence-electron chi connectivity index (χ0n) is 15.7. The number of anilines is 1. The number of hydrogen-bond donors (Lipinski definition) is 1. The Morgan fingerprint density at radius 2 is 1.65 bits per heavy atom. The van der Waals surface area contributed by atoms with E-state index >= 15 is 0 Å². The lowest BCUT2D eigenvalue weighted by atomic mass is 9.79. The molecule has 0 bridgehead atoms. The summed E-state index contributed by atoms with van der Waals surface area (Å²) in [4.78, 5) is 0. The van der Waals surface area contributed by atoms with Gasteiger partial charge < -0.3 is 5.32 Å². The van der Waals surface area contributed by atoms with E-state index in [9.17, 15) is 0 Å². The maximum absolute atomic E-state index is 3.39. The van der Waals surface area contributed by atoms with E-state index in [1.54, 1.807) is 0 Å². The van der Waals surface area contributed by atoms with E-state index in [-0.39, 0.29) is 5.41 Å². The lowest BCUT2D eigenvalue weighted by molar-refractivity contribution is -0.433. The quantitative estimate of drug-likeness (QED) is 0.587. The van der Waals surface area contributed by atoms with Crippen LogP contribution in [-0.2, 0) is 5.41 Å². The number of hydrogen-bond acceptors (Lipinski definition) is 1. The van der Waals surface area contributed by atoms with Gasteiger partial charge in [-0.15, -0.1) is 0 Å². The van der Waals surface area contributed by atoms with Gasteiger partial charge in [0.25, 0.3) is 0 Å². The normalized spacial score (nSPS) is 15.7. The average Bonchev–Trinajstić information content (AvgIpc) is 2.89. The van der Waals surface area contributed by atoms with Gasteiger partial charge in [0.05, 0.1) is 5.41 Å². The monoisotopic (exact) mass is 341 g/mol. The summed E-state index contributed by atoms with van der Waals surface area (Å²) >= 11 is 0. The van der Waals surface area contributed by atoms with Crippen molar-refractivity contribution in [2.75, 3.05) is 11.9 Å². The number of rotatable bonds is 4. The molecule has 1 aliphatic heterocycles. The van der Waals surface area contributed by atoms with Gasteiger partial charge in [0.15, 0.2) is 5.71 Å². The molecule has 0 aliphatic carbocycles. The molecular weight excluding hydrogens is 316 g/mol. The molecule has 0 saturated heterocycles. The molecule has 1 aliphatic rings. The van der Waals surface area contributed by atoms with Gasteiger partial charge in [-0.05, 0) is 49.7 Å². The molecule has 4 rings (SSSR count). The smallest absolute Gasteiger partial charge is 0.210 e. The lowest BCUT2D eigenvalue weighted by Gasteiger charge is -2.17. The first kappa shape index (κ1) is 16.6. The summed E-state index contributed by atoms with van der Waals surface area (Å²) < 4.78 is 2.44. The van der Waals surface area contributed by atoms with Crippen LogP contribution >= 0.6 is 0 Å². The third-order valence-corrected chi connectivity index (χ3v) is 5.34. The Morgan fingerprint density at radius 1 is 0.923 bits per heavy atom. The Hall–Kier alpha value is -2.87. The minimum absolute atomic E-state index is 0.0406. The van der Waals surface area contributed by atoms with E-state index in [4.69, 9.17) is 0 Å². The number of nitrogens with zero attached hydrogens (tertiary/aromatic N) is 1. The predicted octanol–water partition coefficient (Wildman–Crippen LogP) is 5.86. The molecule has 0 spiro atoms. The number of nitrogens with one attached hydrogen (secondary N) is 1. The van der Waals surface area contributed by atoms with Gasteiger partial charge in [-0.2, -0.15) is 4.58 Å². The number of para-hydroxylation sites is 1. The van der Waals surface area contributed by atoms with Gasteiger partial charge in [0.1, 0.15) is 6.54 Å². The van der Waals surface area contributed by atoms with E-state index in [1.165, 1.54) is 27.7 Å². The van der Waals surface area contributed by atoms with Crippen LogP contribution in [0.3, 0.4) is 0 Å². The minimum atomic E-state index is -0.0406. The fraction of sp³-hybridized carbons (Fsp3) is 0.208. The third-order valence-electron chi connectivity index (χ3n) is 5.34. The third kappa shape index (κ3) is 2.62. The number of allylic oxidation sites excluding steroid dienone is 1. The highest BCUT2D eigenvalue weighted by atomic mass is 15.1. The summed E-state index contributed by atoms with van der Waals surface area (Å²) in [6, 6.07) is 23.5. The maximum Gasteiger partial charge on any atom is 0.210 e. The standard InChI is InChI=1S/C24H24N2/c1-4-26-21-15-14-18-10-8-9-13-20(18)23(21)24(2,3)22(26)16-17-25-19-11-6-5-7-12-19/h5-17H,4H2,1-3H3/p+1. The van der Waals surface area contributed by atoms with Crippen molar-refractivity contribution in [1.82, 2.24) is 0 Å². The van der Waals surface area contributed by atoms with E-state index < -0.39 is 0 Å². The molecule has 3 aromatic carbocycles. The van der Waals surface area contributed by atoms with Gasteiger partial charge in [-0.1, -0.05) is 42.5 Å². The fourth-order valence-electron chi connectivity index (χ4n) is 4.13. The Balaban J connectivity index is 1.78. The van der Waals surface area contributed by atoms with Crippen molar-refractivity contribution in [1.29, 1.82) is 0 Å². The van der Waals surface area contributed by atoms with Crippen LogP contribution in [0.2, 0.25) is 0 Å². The van der Waals surface area contributed by atoms with Gasteiger partial charge in [-0.25, -0.2) is 0 Å². The van der Waals surface area contributed by atoms with Gasteiger partial charge in [-0.3, -0.25) is 0 Å². The van der Waals surface area contributed by atoms with Crippen molar-refractivity contribution in [3.05, 3.63) is 84.6 Å². The second-order valence-corrected chi connectivity index (χ2v) is 7.28. The molecule has 0 saturated carbocycles. The maximum atomic E-state index is 3.39. The molecule has 0 aromatic heterocycles. The molecule has 0 atom stereocenters. The molecule has 2 heteroatoms. The first-order valence-electron chi connectivity index (χ1n) is 9.28. The SMILES string of the molecule is CC[N+]1=C(C=CNc2ccccc2)C(C)(C)c2c1ccc1ccccc21. The topological polar surface area (TPSA) is 15.0 Å². The Kier molecular flexibility index (Phi) is 4.12. The van der Waals surface area contributed by atoms with Crippen molar-refractivity contribution in [3.8, 4) is 0 Å². The Bertz CT molecular complexity index is 1010. The van der Waals surface area contributed by atoms with E-state index in [2.05, 4.69) is 91.5 Å². The highest BCUT2D eigenvalue weighted by Gasteiger charge is 2.44. The van der Waals surface area contributed by atoms with Crippen LogP contribution in [0, 0.1) is 0 Å². The van der Waals surface area contributed by atoms with Crippen molar-refractivity contribution in [3.63, 3.8) is 0 Å². The summed E-state index contributed by atoms with van der Waals surface area (Å²) in [6.45, 7) is 7.84. The fourth-order valence-corrected chi connectivity index (χ4v) is 4.13. The molecule has 0 unspecified atom stereocenters. The van der Waals surface area contributed by atoms with Crippen LogP contribution in [0.5, 0.6) is 0 Å². The highest BCUT2D eigenvalue weighted by Crippen LogP contribution is 2.44. The Labute approximate surface area is 155 Å². The molecule has 0 amide bonds. The van der Waals surface area contributed by atoms with Crippen molar-refractivity contribution in [2.24, 2.45) is 0 Å². The number of fused-ring (bicyclic) bond motifs is 3. The van der Waals surface area contributed by atoms with E-state index in [1.807, 2.05) is 18.2 Å². The zero-order valence-corrected chi connectivity index (χ0v) is 15.7. The van der Waals surface area contributed by atoms with Crippen LogP contribution in [0.1, 0.15) is 26.3 Å². The lowest BCUT2D eigenvalue weighted by Crippen LogP contribution is -2.28. The first-order chi connectivity index (χ1) is 12.6. The van der Waals surface area contributed by atoms with Gasteiger partial charge in [0.2, 0.25) is 5.69 Å². The van der Waals surface area contributed by atoms with Crippen LogP contribution in [-0.4, -0.2) is 16.8 Å². The average molecular weight is 341 g/mol. The minimum Gasteiger partial charge on any atom is -0.361 e.